The van der Waals surface area contributed by atoms with Gasteiger partial charge in [0.05, 0.1) is 12.2 Å². The Balaban J connectivity index is 0.000000128. The van der Waals surface area contributed by atoms with E-state index in [1.54, 1.807) is 5.57 Å². The summed E-state index contributed by atoms with van der Waals surface area (Å²) in [5, 5.41) is 51.5. The maximum absolute atomic E-state index is 12.8. The number of aliphatic hydroxyl groups is 2. The Morgan fingerprint density at radius 1 is 0.481 bits per heavy atom. The lowest BCUT2D eigenvalue weighted by Gasteiger charge is -2.54. The van der Waals surface area contributed by atoms with E-state index in [2.05, 4.69) is 84.9 Å². The van der Waals surface area contributed by atoms with Crippen LogP contribution in [-0.4, -0.2) is 43.5 Å². The number of phenols is 3. The Bertz CT molecular complexity index is 2710. The summed E-state index contributed by atoms with van der Waals surface area (Å²) in [6.45, 7) is 15.7. The largest absolute Gasteiger partial charge is 0.508 e. The molecule has 6 heteroatoms. The number of carbonyl (C=O) groups excluding carboxylic acids is 1. The molecule has 7 saturated carbocycles. The van der Waals surface area contributed by atoms with Crippen molar-refractivity contribution in [1.29, 1.82) is 0 Å². The highest BCUT2D eigenvalue weighted by Gasteiger charge is 2.60. The van der Waals surface area contributed by atoms with Crippen molar-refractivity contribution in [2.75, 3.05) is 0 Å². The minimum atomic E-state index is -0.120. The molecule has 13 rings (SSSR count). The van der Waals surface area contributed by atoms with Crippen LogP contribution in [-0.2, 0) is 24.1 Å². The molecule has 0 aliphatic heterocycles. The maximum Gasteiger partial charge on any atom is 0.139 e. The second kappa shape index (κ2) is 24.1. The van der Waals surface area contributed by atoms with E-state index in [1.165, 1.54) is 147 Å². The van der Waals surface area contributed by atoms with Crippen LogP contribution < -0.4 is 0 Å². The van der Waals surface area contributed by atoms with Gasteiger partial charge in [-0.1, -0.05) is 73.9 Å². The van der Waals surface area contributed by atoms with Crippen LogP contribution in [0.25, 0.3) is 0 Å². The summed E-state index contributed by atoms with van der Waals surface area (Å²) in [6.07, 6.45) is 37.1. The summed E-state index contributed by atoms with van der Waals surface area (Å²) in [5.41, 5.74) is 13.2. The number of aliphatic hydroxyl groups excluding tert-OH is 2. The molecule has 10 aliphatic carbocycles. The first-order valence-corrected chi connectivity index (χ1v) is 33.2. The average Bonchev–Trinajstić information content (AvgIpc) is 3.47. The molecule has 0 radical (unpaired) electrons. The number of aromatic hydroxyl groups is 3. The Morgan fingerprint density at radius 3 is 1.28 bits per heavy atom. The van der Waals surface area contributed by atoms with Gasteiger partial charge in [0.15, 0.2) is 0 Å². The van der Waals surface area contributed by atoms with Crippen molar-refractivity contribution in [1.82, 2.24) is 0 Å². The van der Waals surface area contributed by atoms with Crippen molar-refractivity contribution in [2.24, 2.45) is 69.5 Å². The van der Waals surface area contributed by atoms with E-state index in [0.717, 1.165) is 64.2 Å². The fourth-order valence-electron chi connectivity index (χ4n) is 20.7. The topological polar surface area (TPSA) is 118 Å². The number of Topliss-reactive ketones (excluding diaryl/α,β-unsaturated/α-hetero) is 1. The van der Waals surface area contributed by atoms with E-state index in [9.17, 15) is 30.3 Å². The van der Waals surface area contributed by atoms with Crippen LogP contribution in [0, 0.1) is 69.5 Å². The standard InChI is InChI=1S/C25H34O2.C25H36O2.C25H34O2/c1-25-15-18(5-3-2-4-16-6-7-16)24-20-11-9-19(26)14-17(20)8-10-21(24)22(25)12-13-23(25)27;2*1-16(2)6-4-5-7-18-15-25(3)22(12-13-23(25)27)21-10-8-17-14-19(26)9-11-20(17)24(18)21/h4,9,11,14,18,21-24,26-27H,2-3,5-8,10,12-13,15H2,1H3;6,9,11,14,18,21-24,26-27H,4-5,7-8,10,12-13,15H2,1-3H3;6,9,11,14,18,21-22,24,26H,4-5,7-8,10,12-13,15H2,1-3H3/t2*18-,21?,22?,23-,24?,25-;18-,21?,22?,24?,25-/m000/s1. The number of allylic oxidation sites excluding steroid dienone is 6. The Hall–Kier alpha value is -4.13. The zero-order chi connectivity index (χ0) is 57.0. The monoisotopic (exact) mass is 1100 g/mol. The lowest BCUT2D eigenvalue weighted by atomic mass is 9.51. The van der Waals surface area contributed by atoms with E-state index in [-0.39, 0.29) is 28.5 Å². The average molecular weight is 1100 g/mol. The van der Waals surface area contributed by atoms with E-state index in [1.807, 2.05) is 36.4 Å². The summed E-state index contributed by atoms with van der Waals surface area (Å²) < 4.78 is 0. The van der Waals surface area contributed by atoms with Gasteiger partial charge in [-0.25, -0.2) is 0 Å². The molecule has 6 nitrogen and oxygen atoms in total. The molecule has 0 amide bonds. The molecule has 0 heterocycles. The molecular formula is C75H104O6. The van der Waals surface area contributed by atoms with Crippen LogP contribution in [0.15, 0.2) is 89.5 Å². The van der Waals surface area contributed by atoms with Gasteiger partial charge in [-0.3, -0.25) is 4.79 Å². The molecule has 3 aromatic carbocycles. The first-order valence-electron chi connectivity index (χ1n) is 33.2. The van der Waals surface area contributed by atoms with Gasteiger partial charge < -0.3 is 25.5 Å². The van der Waals surface area contributed by atoms with Crippen LogP contribution in [0.1, 0.15) is 247 Å². The molecule has 5 N–H and O–H groups in total. The summed E-state index contributed by atoms with van der Waals surface area (Å²) in [6, 6.07) is 18.3. The van der Waals surface area contributed by atoms with Crippen LogP contribution >= 0.6 is 0 Å². The normalized spacial score (nSPS) is 37.1. The minimum absolute atomic E-state index is 0.0865. The number of hydrogen-bond acceptors (Lipinski definition) is 6. The number of aryl methyl sites for hydroxylation is 3. The molecule has 17 atom stereocenters. The SMILES string of the molecule is CC(C)=CCCC[C@H]1C[C@@]2(C)C(CC[C@@H]2O)C2CCc3cc(O)ccc3C21.CC(C)=CCCC[C@H]1C[C@]2(C)C(=O)CCC2C2CCc3cc(O)ccc3C21.C[C@]12C[C@H](CCCC=C3CC3)C3c4ccc(O)cc4CCC3C1CC[C@@H]2O. The number of hydrogen-bond donors (Lipinski definition) is 5. The highest BCUT2D eigenvalue weighted by molar-refractivity contribution is 5.87. The predicted molar refractivity (Wildman–Crippen MR) is 330 cm³/mol. The molecule has 7 fully saturated rings. The van der Waals surface area contributed by atoms with Crippen LogP contribution in [0.4, 0.5) is 0 Å². The molecule has 81 heavy (non-hydrogen) atoms. The van der Waals surface area contributed by atoms with Crippen molar-refractivity contribution in [3.05, 3.63) is 123 Å². The number of ketones is 1. The van der Waals surface area contributed by atoms with Gasteiger partial charge >= 0.3 is 0 Å². The van der Waals surface area contributed by atoms with Gasteiger partial charge in [0.2, 0.25) is 0 Å². The summed E-state index contributed by atoms with van der Waals surface area (Å²) in [7, 11) is 0. The van der Waals surface area contributed by atoms with Gasteiger partial charge in [-0.05, 0) is 340 Å². The number of fused-ring (bicyclic) bond motifs is 15. The van der Waals surface area contributed by atoms with E-state index in [0.29, 0.717) is 94.0 Å². The van der Waals surface area contributed by atoms with Crippen molar-refractivity contribution in [3.63, 3.8) is 0 Å². The zero-order valence-electron chi connectivity index (χ0n) is 51.0. The van der Waals surface area contributed by atoms with Gasteiger partial charge in [0, 0.05) is 11.8 Å². The lowest BCUT2D eigenvalue weighted by Crippen LogP contribution is -2.47. The number of carbonyl (C=O) groups is 1. The van der Waals surface area contributed by atoms with Crippen molar-refractivity contribution in [3.8, 4) is 17.2 Å². The summed E-state index contributed by atoms with van der Waals surface area (Å²) in [4.78, 5) is 12.8. The number of phenolic OH excluding ortho intramolecular Hbond substituents is 3. The number of rotatable bonds is 12. The predicted octanol–water partition coefficient (Wildman–Crippen LogP) is 17.9. The van der Waals surface area contributed by atoms with E-state index in [4.69, 9.17) is 0 Å². The van der Waals surface area contributed by atoms with Gasteiger partial charge in [0.1, 0.15) is 23.0 Å². The molecule has 3 aromatic rings. The number of unbranched alkanes of at least 4 members (excludes halogenated alkanes) is 3. The van der Waals surface area contributed by atoms with Gasteiger partial charge in [-0.15, -0.1) is 0 Å². The zero-order valence-corrected chi connectivity index (χ0v) is 51.0. The van der Waals surface area contributed by atoms with Crippen molar-refractivity contribution < 1.29 is 30.3 Å². The third kappa shape index (κ3) is 11.7. The fraction of sp³-hybridized carbons (Fsp3) is 0.667. The lowest BCUT2D eigenvalue weighted by molar-refractivity contribution is -0.131. The fourth-order valence-corrected chi connectivity index (χ4v) is 20.7. The molecule has 0 bridgehead atoms. The highest BCUT2D eigenvalue weighted by atomic mass is 16.3. The first kappa shape index (κ1) is 58.6. The molecule has 440 valence electrons. The molecule has 10 aliphatic rings. The molecule has 0 aromatic heterocycles. The van der Waals surface area contributed by atoms with Crippen molar-refractivity contribution in [2.45, 2.75) is 245 Å². The first-order chi connectivity index (χ1) is 38.9. The molecule has 0 spiro atoms. The molecular weight excluding hydrogens is 997 g/mol. The Kier molecular flexibility index (Phi) is 17.4. The second-order valence-corrected chi connectivity index (χ2v) is 29.8. The Labute approximate surface area is 488 Å². The molecule has 0 saturated heterocycles. The van der Waals surface area contributed by atoms with Gasteiger partial charge in [0.25, 0.3) is 0 Å². The smallest absolute Gasteiger partial charge is 0.139 e. The maximum atomic E-state index is 12.8. The van der Waals surface area contributed by atoms with Gasteiger partial charge in [-0.2, -0.15) is 0 Å². The highest BCUT2D eigenvalue weighted by Crippen LogP contribution is 2.66. The van der Waals surface area contributed by atoms with Crippen molar-refractivity contribution >= 4 is 5.78 Å². The third-order valence-corrected chi connectivity index (χ3v) is 24.5. The van der Waals surface area contributed by atoms with E-state index < -0.39 is 0 Å². The van der Waals surface area contributed by atoms with E-state index >= 15 is 0 Å². The third-order valence-electron chi connectivity index (χ3n) is 24.5. The second-order valence-electron chi connectivity index (χ2n) is 29.8. The summed E-state index contributed by atoms with van der Waals surface area (Å²) >= 11 is 0. The minimum Gasteiger partial charge on any atom is -0.508 e. The van der Waals surface area contributed by atoms with Crippen LogP contribution in [0.2, 0.25) is 0 Å². The quantitative estimate of drug-likeness (QED) is 0.0911. The summed E-state index contributed by atoms with van der Waals surface area (Å²) in [5.74, 6) is 9.42. The number of benzene rings is 3. The Morgan fingerprint density at radius 2 is 0.877 bits per heavy atom. The van der Waals surface area contributed by atoms with Crippen LogP contribution in [0.3, 0.4) is 0 Å². The van der Waals surface area contributed by atoms with Crippen LogP contribution in [0.5, 0.6) is 17.2 Å². The molecule has 9 unspecified atom stereocenters.